The van der Waals surface area contributed by atoms with Crippen molar-refractivity contribution in [1.82, 2.24) is 10.0 Å². The maximum absolute atomic E-state index is 12.4. The van der Waals surface area contributed by atoms with Crippen LogP contribution in [-0.2, 0) is 24.4 Å². The zero-order valence-corrected chi connectivity index (χ0v) is 20.6. The Bertz CT molecular complexity index is 916. The van der Waals surface area contributed by atoms with E-state index in [-0.39, 0.29) is 17.9 Å². The molecule has 2 atom stereocenters. The normalized spacial score (nSPS) is 13.2. The Morgan fingerprint density at radius 1 is 1.09 bits per heavy atom. The fourth-order valence-corrected chi connectivity index (χ4v) is 5.07. The number of rotatable bonds is 12. The number of aliphatic hydroxyl groups is 1. The first-order valence-corrected chi connectivity index (χ1v) is 13.4. The van der Waals surface area contributed by atoms with Crippen molar-refractivity contribution in [1.29, 1.82) is 0 Å². The molecular weight excluding hydrogens is 549 g/mol. The van der Waals surface area contributed by atoms with Crippen molar-refractivity contribution in [2.24, 2.45) is 0 Å². The van der Waals surface area contributed by atoms with Crippen LogP contribution >= 0.6 is 33.2 Å². The largest absolute Gasteiger partial charge is 0.490 e. The quantitative estimate of drug-likeness (QED) is 0.185. The third-order valence-electron chi connectivity index (χ3n) is 3.38. The van der Waals surface area contributed by atoms with E-state index in [9.17, 15) is 36.3 Å². The molecule has 1 aromatic carbocycles. The number of sulfonamides is 1. The Morgan fingerprint density at radius 3 is 2.03 bits per heavy atom. The highest BCUT2D eigenvalue weighted by molar-refractivity contribution is 8.76. The van der Waals surface area contributed by atoms with Crippen molar-refractivity contribution in [2.75, 3.05) is 18.1 Å². The van der Waals surface area contributed by atoms with Crippen LogP contribution in [0, 0.1) is 0 Å². The summed E-state index contributed by atoms with van der Waals surface area (Å²) in [4.78, 5) is 31.4. The number of halogens is 4. The number of alkyl halides is 3. The Hall–Kier alpha value is -1.72. The number of nitrogens with one attached hydrogen (secondary N) is 2. The third-order valence-corrected chi connectivity index (χ3v) is 7.50. The van der Waals surface area contributed by atoms with Gasteiger partial charge in [-0.1, -0.05) is 33.2 Å². The lowest BCUT2D eigenvalue weighted by molar-refractivity contribution is -0.192. The zero-order chi connectivity index (χ0) is 26.5. The standard InChI is InChI=1S/C15H21ClN2O6S3.C2HF3O2/c1-10(19)14(15(22)17-7-9-26-25-8-6-13(20)21)18-27(23,24)12-4-2-11(16)3-5-12;3-2(4,5)1(6)7/h2-5,10,14,18-19H,6-9H2,1H3,(H,17,22)(H,20,21);(H,6,7). The molecule has 0 aliphatic rings. The van der Waals surface area contributed by atoms with Crippen molar-refractivity contribution >= 4 is 61.1 Å². The van der Waals surface area contributed by atoms with Crippen molar-refractivity contribution in [3.05, 3.63) is 29.3 Å². The number of aliphatic hydroxyl groups excluding tert-OH is 1. The van der Waals surface area contributed by atoms with Crippen LogP contribution in [-0.4, -0.2) is 78.0 Å². The maximum Gasteiger partial charge on any atom is 0.490 e. The van der Waals surface area contributed by atoms with Gasteiger partial charge in [-0.05, 0) is 31.2 Å². The van der Waals surface area contributed by atoms with Crippen molar-refractivity contribution in [2.45, 2.75) is 36.6 Å². The molecule has 0 spiro atoms. The van der Waals surface area contributed by atoms with E-state index in [2.05, 4.69) is 10.0 Å². The predicted octanol–water partition coefficient (Wildman–Crippen LogP) is 1.97. The van der Waals surface area contributed by atoms with E-state index < -0.39 is 46.2 Å². The molecule has 194 valence electrons. The van der Waals surface area contributed by atoms with Crippen LogP contribution in [0.2, 0.25) is 5.02 Å². The molecule has 0 saturated heterocycles. The number of amides is 1. The average Bonchev–Trinajstić information content (AvgIpc) is 2.70. The van der Waals surface area contributed by atoms with Crippen LogP contribution in [0.25, 0.3) is 0 Å². The Balaban J connectivity index is 0.00000135. The van der Waals surface area contributed by atoms with Gasteiger partial charge in [-0.3, -0.25) is 9.59 Å². The van der Waals surface area contributed by atoms with Crippen LogP contribution in [0.1, 0.15) is 13.3 Å². The SMILES string of the molecule is CC(O)C(NS(=O)(=O)c1ccc(Cl)cc1)C(=O)NCCSSCCC(=O)O.O=C(O)C(F)(F)F. The molecule has 0 aromatic heterocycles. The summed E-state index contributed by atoms with van der Waals surface area (Å²) in [7, 11) is -1.25. The molecule has 1 aromatic rings. The molecule has 34 heavy (non-hydrogen) atoms. The van der Waals surface area contributed by atoms with Gasteiger partial charge < -0.3 is 20.6 Å². The van der Waals surface area contributed by atoms with E-state index in [1.807, 2.05) is 0 Å². The Morgan fingerprint density at radius 2 is 1.59 bits per heavy atom. The number of carbonyl (C=O) groups is 3. The smallest absolute Gasteiger partial charge is 0.481 e. The molecule has 17 heteroatoms. The highest BCUT2D eigenvalue weighted by atomic mass is 35.5. The van der Waals surface area contributed by atoms with E-state index in [0.29, 0.717) is 16.5 Å². The number of hydrogen-bond acceptors (Lipinski definition) is 8. The van der Waals surface area contributed by atoms with E-state index in [4.69, 9.17) is 26.6 Å². The second-order valence-corrected chi connectivity index (χ2v) is 11.0. The van der Waals surface area contributed by atoms with Crippen LogP contribution in [0.4, 0.5) is 13.2 Å². The maximum atomic E-state index is 12.4. The monoisotopic (exact) mass is 570 g/mol. The lowest BCUT2D eigenvalue weighted by Crippen LogP contribution is -2.52. The molecule has 0 saturated carbocycles. The van der Waals surface area contributed by atoms with Gasteiger partial charge in [0.05, 0.1) is 17.4 Å². The van der Waals surface area contributed by atoms with Gasteiger partial charge in [-0.25, -0.2) is 13.2 Å². The lowest BCUT2D eigenvalue weighted by atomic mass is 10.2. The second kappa shape index (κ2) is 15.3. The first kappa shape index (κ1) is 32.3. The van der Waals surface area contributed by atoms with E-state index in [0.717, 1.165) is 0 Å². The number of carbonyl (C=O) groups excluding carboxylic acids is 1. The number of hydrogen-bond donors (Lipinski definition) is 5. The summed E-state index contributed by atoms with van der Waals surface area (Å²) in [5.41, 5.74) is 0. The minimum atomic E-state index is -5.08. The number of carboxylic acids is 2. The molecular formula is C17H22ClF3N2O8S3. The minimum Gasteiger partial charge on any atom is -0.481 e. The molecule has 2 unspecified atom stereocenters. The van der Waals surface area contributed by atoms with Gasteiger partial charge in [0, 0.05) is 23.1 Å². The van der Waals surface area contributed by atoms with Gasteiger partial charge in [0.25, 0.3) is 0 Å². The third kappa shape index (κ3) is 13.9. The van der Waals surface area contributed by atoms with Crippen LogP contribution in [0.5, 0.6) is 0 Å². The first-order valence-electron chi connectivity index (χ1n) is 9.08. The number of aliphatic carboxylic acids is 2. The van der Waals surface area contributed by atoms with Gasteiger partial charge in [0.15, 0.2) is 0 Å². The Kier molecular flexibility index (Phi) is 14.5. The van der Waals surface area contributed by atoms with Crippen molar-refractivity contribution < 1.29 is 51.3 Å². The van der Waals surface area contributed by atoms with E-state index in [1.165, 1.54) is 52.8 Å². The summed E-state index contributed by atoms with van der Waals surface area (Å²) < 4.78 is 58.7. The van der Waals surface area contributed by atoms with Crippen LogP contribution in [0.3, 0.4) is 0 Å². The van der Waals surface area contributed by atoms with Gasteiger partial charge in [0.1, 0.15) is 6.04 Å². The number of benzene rings is 1. The summed E-state index contributed by atoms with van der Waals surface area (Å²) in [6, 6.07) is 4.06. The molecule has 5 N–H and O–H groups in total. The van der Waals surface area contributed by atoms with E-state index in [1.54, 1.807) is 0 Å². The summed E-state index contributed by atoms with van der Waals surface area (Å²) in [5, 5.41) is 28.4. The summed E-state index contributed by atoms with van der Waals surface area (Å²) in [6.07, 6.45) is -6.27. The molecule has 0 heterocycles. The highest BCUT2D eigenvalue weighted by Gasteiger charge is 2.38. The fourth-order valence-electron chi connectivity index (χ4n) is 1.79. The average molecular weight is 571 g/mol. The van der Waals surface area contributed by atoms with Crippen LogP contribution < -0.4 is 10.0 Å². The summed E-state index contributed by atoms with van der Waals surface area (Å²) in [5.74, 6) is -3.33. The molecule has 10 nitrogen and oxygen atoms in total. The van der Waals surface area contributed by atoms with Crippen molar-refractivity contribution in [3.8, 4) is 0 Å². The van der Waals surface area contributed by atoms with Crippen LogP contribution in [0.15, 0.2) is 29.2 Å². The molecule has 0 radical (unpaired) electrons. The first-order chi connectivity index (χ1) is 15.6. The lowest BCUT2D eigenvalue weighted by Gasteiger charge is -2.20. The van der Waals surface area contributed by atoms with E-state index >= 15 is 0 Å². The second-order valence-electron chi connectivity index (χ2n) is 6.18. The molecule has 0 aliphatic carbocycles. The van der Waals surface area contributed by atoms with Gasteiger partial charge in [0.2, 0.25) is 15.9 Å². The molecule has 0 aliphatic heterocycles. The minimum absolute atomic E-state index is 0.0562. The molecule has 0 fully saturated rings. The summed E-state index contributed by atoms with van der Waals surface area (Å²) >= 11 is 5.73. The summed E-state index contributed by atoms with van der Waals surface area (Å²) in [6.45, 7) is 1.56. The molecule has 1 rings (SSSR count). The zero-order valence-electron chi connectivity index (χ0n) is 17.4. The predicted molar refractivity (Wildman–Crippen MR) is 121 cm³/mol. The molecule has 1 amide bonds. The van der Waals surface area contributed by atoms with Gasteiger partial charge in [-0.15, -0.1) is 0 Å². The van der Waals surface area contributed by atoms with Gasteiger partial charge in [-0.2, -0.15) is 17.9 Å². The molecule has 0 bridgehead atoms. The van der Waals surface area contributed by atoms with Gasteiger partial charge >= 0.3 is 18.1 Å². The highest BCUT2D eigenvalue weighted by Crippen LogP contribution is 2.21. The topological polar surface area (TPSA) is 170 Å². The fraction of sp³-hybridized carbons (Fsp3) is 0.471. The van der Waals surface area contributed by atoms with Crippen molar-refractivity contribution in [3.63, 3.8) is 0 Å². The number of carboxylic acid groups (broad SMARTS) is 2. The Labute approximate surface area is 206 Å².